The molecule has 0 radical (unpaired) electrons. The Bertz CT molecular complexity index is 966. The van der Waals surface area contributed by atoms with Crippen LogP contribution >= 0.6 is 0 Å². The van der Waals surface area contributed by atoms with Crippen LogP contribution in [0, 0.1) is 0 Å². The van der Waals surface area contributed by atoms with Crippen LogP contribution in [-0.4, -0.2) is 67.9 Å². The molecule has 1 aromatic carbocycles. The van der Waals surface area contributed by atoms with Gasteiger partial charge in [-0.1, -0.05) is 17.3 Å². The lowest BCUT2D eigenvalue weighted by Gasteiger charge is -2.35. The average Bonchev–Trinajstić information content (AvgIpc) is 3.21. The predicted octanol–water partition coefficient (Wildman–Crippen LogP) is -0.00350. The zero-order chi connectivity index (χ0) is 20.9. The number of hydrogen-bond donors (Lipinski definition) is 2. The number of aromatic nitrogens is 1. The third-order valence-corrected chi connectivity index (χ3v) is 6.44. The van der Waals surface area contributed by atoms with Gasteiger partial charge >= 0.3 is 0 Å². The average molecular weight is 420 g/mol. The second kappa shape index (κ2) is 9.05. The first-order chi connectivity index (χ1) is 13.9. The molecule has 0 spiro atoms. The Morgan fingerprint density at radius 2 is 2.03 bits per heavy atom. The number of nitrogens with zero attached hydrogens (tertiary/aromatic N) is 4. The summed E-state index contributed by atoms with van der Waals surface area (Å²) in [5, 5.41) is 6.92. The molecule has 0 bridgehead atoms. The summed E-state index contributed by atoms with van der Waals surface area (Å²) in [7, 11) is -1.77. The topological polar surface area (TPSA) is 134 Å². The van der Waals surface area contributed by atoms with Gasteiger partial charge in [0.25, 0.3) is 0 Å². The van der Waals surface area contributed by atoms with E-state index in [1.54, 1.807) is 31.3 Å². The van der Waals surface area contributed by atoms with Gasteiger partial charge in [-0.15, -0.1) is 0 Å². The first kappa shape index (κ1) is 20.8. The van der Waals surface area contributed by atoms with Crippen molar-refractivity contribution in [3.05, 3.63) is 53.4 Å². The highest BCUT2D eigenvalue weighted by molar-refractivity contribution is 7.88. The molecule has 0 unspecified atom stereocenters. The first-order valence-electron chi connectivity index (χ1n) is 9.10. The molecule has 1 fully saturated rings. The Morgan fingerprint density at radius 3 is 2.66 bits per heavy atom. The lowest BCUT2D eigenvalue weighted by molar-refractivity contribution is 0.1000. The van der Waals surface area contributed by atoms with Crippen LogP contribution in [0.2, 0.25) is 0 Å². The summed E-state index contributed by atoms with van der Waals surface area (Å²) in [6.45, 7) is 2.21. The van der Waals surface area contributed by atoms with E-state index in [1.165, 1.54) is 10.6 Å². The molecule has 1 aliphatic rings. The number of hydrogen-bond acceptors (Lipinski definition) is 6. The zero-order valence-electron chi connectivity index (χ0n) is 16.1. The van der Waals surface area contributed by atoms with Crippen molar-refractivity contribution in [1.82, 2.24) is 19.7 Å². The molecule has 1 aromatic heterocycles. The lowest BCUT2D eigenvalue weighted by atomic mass is 10.1. The molecule has 0 atom stereocenters. The molecule has 156 valence electrons. The number of primary amides is 1. The molecule has 0 aliphatic carbocycles. The van der Waals surface area contributed by atoms with Crippen LogP contribution in [0.3, 0.4) is 0 Å². The van der Waals surface area contributed by atoms with Gasteiger partial charge in [0.05, 0.1) is 5.69 Å². The number of aliphatic imine (C=N–C) groups is 1. The first-order valence-corrected chi connectivity index (χ1v) is 10.7. The highest BCUT2D eigenvalue weighted by atomic mass is 32.2. The maximum absolute atomic E-state index is 12.5. The third kappa shape index (κ3) is 5.33. The Balaban J connectivity index is 1.55. The fraction of sp³-hybridized carbons (Fsp3) is 0.389. The summed E-state index contributed by atoms with van der Waals surface area (Å²) in [5.74, 6) is 0.0226. The summed E-state index contributed by atoms with van der Waals surface area (Å²) in [5.41, 5.74) is 7.06. The standard InChI is InChI=1S/C18H24N6O4S/c1-20-18(21-12-14-3-2-4-15(11-14)17(19)25)23-6-8-24(9-7-23)29(26,27)13-16-5-10-28-22-16/h2-5,10-11H,6-9,12-13H2,1H3,(H2,19,25)(H,20,21). The molecule has 1 aliphatic heterocycles. The van der Waals surface area contributed by atoms with E-state index in [0.29, 0.717) is 49.9 Å². The largest absolute Gasteiger partial charge is 0.366 e. The van der Waals surface area contributed by atoms with Crippen molar-refractivity contribution in [2.24, 2.45) is 10.7 Å². The lowest BCUT2D eigenvalue weighted by Crippen LogP contribution is -2.53. The summed E-state index contributed by atoms with van der Waals surface area (Å²) in [6, 6.07) is 8.61. The van der Waals surface area contributed by atoms with E-state index in [1.807, 2.05) is 11.0 Å². The van der Waals surface area contributed by atoms with Crippen molar-refractivity contribution in [1.29, 1.82) is 0 Å². The molecular formula is C18H24N6O4S. The van der Waals surface area contributed by atoms with Gasteiger partial charge in [0.2, 0.25) is 15.9 Å². The van der Waals surface area contributed by atoms with Crippen molar-refractivity contribution < 1.29 is 17.7 Å². The highest BCUT2D eigenvalue weighted by Crippen LogP contribution is 2.13. The number of benzene rings is 1. The van der Waals surface area contributed by atoms with Crippen LogP contribution in [0.5, 0.6) is 0 Å². The fourth-order valence-corrected chi connectivity index (χ4v) is 4.54. The number of carbonyl (C=O) groups is 1. The number of sulfonamides is 1. The molecule has 29 heavy (non-hydrogen) atoms. The van der Waals surface area contributed by atoms with E-state index in [9.17, 15) is 13.2 Å². The zero-order valence-corrected chi connectivity index (χ0v) is 16.9. The molecule has 2 aromatic rings. The predicted molar refractivity (Wildman–Crippen MR) is 107 cm³/mol. The van der Waals surface area contributed by atoms with Gasteiger partial charge in [0.15, 0.2) is 5.96 Å². The van der Waals surface area contributed by atoms with Gasteiger partial charge in [-0.3, -0.25) is 9.79 Å². The summed E-state index contributed by atoms with van der Waals surface area (Å²) >= 11 is 0. The Hall–Kier alpha value is -2.92. The van der Waals surface area contributed by atoms with Crippen LogP contribution in [0.15, 0.2) is 46.1 Å². The van der Waals surface area contributed by atoms with Crippen LogP contribution < -0.4 is 11.1 Å². The maximum Gasteiger partial charge on any atom is 0.248 e. The van der Waals surface area contributed by atoms with Gasteiger partial charge in [-0.2, -0.15) is 4.31 Å². The van der Waals surface area contributed by atoms with Gasteiger partial charge in [0.1, 0.15) is 12.0 Å². The van der Waals surface area contributed by atoms with Crippen LogP contribution in [0.1, 0.15) is 21.6 Å². The molecule has 10 nitrogen and oxygen atoms in total. The molecule has 0 saturated carbocycles. The van der Waals surface area contributed by atoms with E-state index in [-0.39, 0.29) is 5.75 Å². The maximum atomic E-state index is 12.5. The molecule has 3 rings (SSSR count). The Kier molecular flexibility index (Phi) is 6.49. The Labute approximate surface area is 169 Å². The monoisotopic (exact) mass is 420 g/mol. The number of nitrogens with two attached hydrogens (primary N) is 1. The van der Waals surface area contributed by atoms with Crippen molar-refractivity contribution in [2.45, 2.75) is 12.3 Å². The second-order valence-electron chi connectivity index (χ2n) is 6.60. The SMILES string of the molecule is CN=C(NCc1cccc(C(N)=O)c1)N1CCN(S(=O)(=O)Cc2ccon2)CC1. The Morgan fingerprint density at radius 1 is 1.28 bits per heavy atom. The van der Waals surface area contributed by atoms with E-state index < -0.39 is 15.9 Å². The summed E-state index contributed by atoms with van der Waals surface area (Å²) in [6.07, 6.45) is 1.36. The van der Waals surface area contributed by atoms with Crippen molar-refractivity contribution >= 4 is 21.9 Å². The van der Waals surface area contributed by atoms with Gasteiger partial charge in [-0.05, 0) is 17.7 Å². The number of nitrogens with one attached hydrogen (secondary N) is 1. The van der Waals surface area contributed by atoms with E-state index in [4.69, 9.17) is 10.3 Å². The molecule has 11 heteroatoms. The van der Waals surface area contributed by atoms with Crippen LogP contribution in [-0.2, 0) is 22.3 Å². The minimum absolute atomic E-state index is 0.174. The molecular weight excluding hydrogens is 396 g/mol. The third-order valence-electron chi connectivity index (χ3n) is 4.63. The van der Waals surface area contributed by atoms with E-state index >= 15 is 0 Å². The molecule has 1 amide bonds. The van der Waals surface area contributed by atoms with Crippen LogP contribution in [0.25, 0.3) is 0 Å². The van der Waals surface area contributed by atoms with Gasteiger partial charge in [-0.25, -0.2) is 8.42 Å². The minimum Gasteiger partial charge on any atom is -0.366 e. The quantitative estimate of drug-likeness (QED) is 0.496. The second-order valence-corrected chi connectivity index (χ2v) is 8.57. The van der Waals surface area contributed by atoms with Crippen molar-refractivity contribution in [3.8, 4) is 0 Å². The van der Waals surface area contributed by atoms with Crippen LogP contribution in [0.4, 0.5) is 0 Å². The van der Waals surface area contributed by atoms with Gasteiger partial charge in [0, 0.05) is 51.4 Å². The molecule has 1 saturated heterocycles. The number of amides is 1. The molecule has 2 heterocycles. The number of carbonyl (C=O) groups excluding carboxylic acids is 1. The smallest absolute Gasteiger partial charge is 0.248 e. The normalized spacial score (nSPS) is 16.0. The summed E-state index contributed by atoms with van der Waals surface area (Å²) in [4.78, 5) is 17.6. The van der Waals surface area contributed by atoms with Crippen molar-refractivity contribution in [3.63, 3.8) is 0 Å². The number of rotatable bonds is 6. The number of piperazine rings is 1. The van der Waals surface area contributed by atoms with Crippen molar-refractivity contribution in [2.75, 3.05) is 33.2 Å². The minimum atomic E-state index is -3.45. The molecule has 3 N–H and O–H groups in total. The van der Waals surface area contributed by atoms with E-state index in [2.05, 4.69) is 15.5 Å². The van der Waals surface area contributed by atoms with Gasteiger partial charge < -0.3 is 20.5 Å². The summed E-state index contributed by atoms with van der Waals surface area (Å²) < 4.78 is 31.2. The highest BCUT2D eigenvalue weighted by Gasteiger charge is 2.28. The van der Waals surface area contributed by atoms with E-state index in [0.717, 1.165) is 5.56 Å². The fourth-order valence-electron chi connectivity index (χ4n) is 3.12. The number of guanidine groups is 1.